The monoisotopic (exact) mass is 311 g/mol. The zero-order chi connectivity index (χ0) is 14.2. The summed E-state index contributed by atoms with van der Waals surface area (Å²) in [5.41, 5.74) is 6.43. The molecular formula is C11H13N5O2S2. The molecule has 3 N–H and O–H groups in total. The summed E-state index contributed by atoms with van der Waals surface area (Å²) in [6.07, 6.45) is 2.97. The molecular weight excluding hydrogens is 298 g/mol. The maximum atomic E-state index is 12.3. The van der Waals surface area contributed by atoms with Gasteiger partial charge in [-0.15, -0.1) is 0 Å². The Morgan fingerprint density at radius 2 is 2.25 bits per heavy atom. The van der Waals surface area contributed by atoms with Crippen LogP contribution in [0.5, 0.6) is 0 Å². The van der Waals surface area contributed by atoms with Crippen molar-refractivity contribution in [1.29, 1.82) is 0 Å². The van der Waals surface area contributed by atoms with Crippen LogP contribution < -0.4 is 11.1 Å². The van der Waals surface area contributed by atoms with Crippen molar-refractivity contribution in [3.05, 3.63) is 24.0 Å². The molecule has 0 saturated heterocycles. The highest BCUT2D eigenvalue weighted by molar-refractivity contribution is 7.92. The van der Waals surface area contributed by atoms with Crippen LogP contribution in [-0.4, -0.2) is 28.2 Å². The van der Waals surface area contributed by atoms with Gasteiger partial charge in [-0.3, -0.25) is 0 Å². The van der Waals surface area contributed by atoms with Crippen molar-refractivity contribution in [3.8, 4) is 0 Å². The molecule has 0 spiro atoms. The summed E-state index contributed by atoms with van der Waals surface area (Å²) in [5, 5.41) is 10.9. The lowest BCUT2D eigenvalue weighted by Gasteiger charge is -2.06. The van der Waals surface area contributed by atoms with Gasteiger partial charge in [0.2, 0.25) is 0 Å². The minimum atomic E-state index is -3.36. The molecule has 0 atom stereocenters. The van der Waals surface area contributed by atoms with E-state index in [0.717, 1.165) is 11.5 Å². The zero-order valence-corrected chi connectivity index (χ0v) is 12.1. The van der Waals surface area contributed by atoms with Gasteiger partial charge in [0.1, 0.15) is 9.90 Å². The summed E-state index contributed by atoms with van der Waals surface area (Å²) in [5.74, 6) is 0.0727. The molecule has 0 bridgehead atoms. The fraction of sp³-hybridized carbons (Fsp3) is 0.364. The maximum Gasteiger partial charge on any atom is 0.187 e. The molecule has 0 aromatic carbocycles. The van der Waals surface area contributed by atoms with Crippen LogP contribution in [0, 0.1) is 0 Å². The van der Waals surface area contributed by atoms with Crippen LogP contribution in [-0.2, 0) is 16.4 Å². The second-order valence-corrected chi connectivity index (χ2v) is 7.48. The molecule has 9 heteroatoms. The van der Waals surface area contributed by atoms with Crippen LogP contribution in [0.4, 0.5) is 10.8 Å². The van der Waals surface area contributed by atoms with E-state index in [2.05, 4.69) is 19.9 Å². The summed E-state index contributed by atoms with van der Waals surface area (Å²) in [6, 6.07) is 3.58. The Kier molecular flexibility index (Phi) is 3.30. The quantitative estimate of drug-likeness (QED) is 0.849. The number of nitrogens with zero attached hydrogens (tertiary/aromatic N) is 3. The van der Waals surface area contributed by atoms with Crippen LogP contribution in [0.3, 0.4) is 0 Å². The Bertz CT molecular complexity index is 710. The highest BCUT2D eigenvalue weighted by atomic mass is 32.2. The first kappa shape index (κ1) is 13.3. The molecule has 106 valence electrons. The molecule has 0 unspecified atom stereocenters. The topological polar surface area (TPSA) is 111 Å². The Labute approximate surface area is 120 Å². The van der Waals surface area contributed by atoms with Crippen LogP contribution in [0.25, 0.3) is 0 Å². The van der Waals surface area contributed by atoms with Gasteiger partial charge in [0.15, 0.2) is 15.7 Å². The Hall–Kier alpha value is -1.74. The van der Waals surface area contributed by atoms with E-state index < -0.39 is 9.84 Å². The Morgan fingerprint density at radius 1 is 1.45 bits per heavy atom. The van der Waals surface area contributed by atoms with Crippen molar-refractivity contribution < 1.29 is 8.42 Å². The van der Waals surface area contributed by atoms with E-state index in [9.17, 15) is 8.42 Å². The number of hydrogen-bond acceptors (Lipinski definition) is 8. The van der Waals surface area contributed by atoms with Crippen LogP contribution >= 0.6 is 11.5 Å². The Morgan fingerprint density at radius 3 is 2.90 bits per heavy atom. The number of nitrogens with one attached hydrogen (secondary N) is 1. The first-order valence-electron chi connectivity index (χ1n) is 6.08. The van der Waals surface area contributed by atoms with Gasteiger partial charge in [-0.05, 0) is 36.5 Å². The van der Waals surface area contributed by atoms with Gasteiger partial charge in [0.25, 0.3) is 0 Å². The third-order valence-electron chi connectivity index (χ3n) is 2.98. The fourth-order valence-electron chi connectivity index (χ4n) is 1.83. The first-order valence-corrected chi connectivity index (χ1v) is 8.40. The first-order chi connectivity index (χ1) is 9.59. The number of anilines is 2. The molecule has 0 radical (unpaired) electrons. The standard InChI is InChI=1S/C11H13N5O2S2/c12-10-9(20(17,18)8-3-4-8)11(19-16-10)13-6-7-2-1-5-14-15-7/h1-2,5,8,13H,3-4,6H2,(H2,12,16). The van der Waals surface area contributed by atoms with E-state index in [0.29, 0.717) is 30.1 Å². The van der Waals surface area contributed by atoms with Gasteiger partial charge >= 0.3 is 0 Å². The van der Waals surface area contributed by atoms with Gasteiger partial charge in [-0.1, -0.05) is 0 Å². The fourth-order valence-corrected chi connectivity index (χ4v) is 4.71. The SMILES string of the molecule is Nc1nsc(NCc2cccnn2)c1S(=O)(=O)C1CC1. The van der Waals surface area contributed by atoms with Crippen molar-refractivity contribution in [2.24, 2.45) is 0 Å². The summed E-state index contributed by atoms with van der Waals surface area (Å²) >= 11 is 1.05. The van der Waals surface area contributed by atoms with E-state index in [4.69, 9.17) is 5.73 Å². The summed E-state index contributed by atoms with van der Waals surface area (Å²) in [7, 11) is -3.36. The normalized spacial score (nSPS) is 15.2. The summed E-state index contributed by atoms with van der Waals surface area (Å²) in [4.78, 5) is 0.133. The summed E-state index contributed by atoms with van der Waals surface area (Å²) < 4.78 is 28.6. The number of nitrogens with two attached hydrogens (primary N) is 1. The highest BCUT2D eigenvalue weighted by Crippen LogP contribution is 2.41. The van der Waals surface area contributed by atoms with E-state index in [1.165, 1.54) is 0 Å². The average Bonchev–Trinajstić information content (AvgIpc) is 3.22. The molecule has 1 saturated carbocycles. The minimum Gasteiger partial charge on any atom is -0.382 e. The molecule has 20 heavy (non-hydrogen) atoms. The van der Waals surface area contributed by atoms with E-state index >= 15 is 0 Å². The number of aromatic nitrogens is 3. The molecule has 2 heterocycles. The molecule has 2 aromatic rings. The van der Waals surface area contributed by atoms with Gasteiger partial charge < -0.3 is 11.1 Å². The predicted molar refractivity (Wildman–Crippen MR) is 76.1 cm³/mol. The largest absolute Gasteiger partial charge is 0.382 e. The zero-order valence-electron chi connectivity index (χ0n) is 10.5. The number of nitrogen functional groups attached to an aromatic ring is 1. The second kappa shape index (κ2) is 4.98. The van der Waals surface area contributed by atoms with Gasteiger partial charge in [0, 0.05) is 6.20 Å². The van der Waals surface area contributed by atoms with Crippen LogP contribution in [0.15, 0.2) is 23.2 Å². The average molecular weight is 311 g/mol. The molecule has 1 aliphatic rings. The lowest BCUT2D eigenvalue weighted by Crippen LogP contribution is -2.11. The van der Waals surface area contributed by atoms with Gasteiger partial charge in [-0.25, -0.2) is 8.42 Å². The van der Waals surface area contributed by atoms with Crippen LogP contribution in [0.1, 0.15) is 18.5 Å². The highest BCUT2D eigenvalue weighted by Gasteiger charge is 2.40. The maximum absolute atomic E-state index is 12.3. The molecule has 0 aliphatic heterocycles. The van der Waals surface area contributed by atoms with Crippen molar-refractivity contribution in [3.63, 3.8) is 0 Å². The molecule has 1 fully saturated rings. The third kappa shape index (κ3) is 2.46. The summed E-state index contributed by atoms with van der Waals surface area (Å²) in [6.45, 7) is 0.378. The smallest absolute Gasteiger partial charge is 0.187 e. The third-order valence-corrected chi connectivity index (χ3v) is 6.26. The second-order valence-electron chi connectivity index (χ2n) is 4.54. The lowest BCUT2D eigenvalue weighted by atomic mass is 10.4. The number of hydrogen-bond donors (Lipinski definition) is 2. The lowest BCUT2D eigenvalue weighted by molar-refractivity contribution is 0.595. The number of rotatable bonds is 5. The minimum absolute atomic E-state index is 0.0727. The van der Waals surface area contributed by atoms with Crippen LogP contribution in [0.2, 0.25) is 0 Å². The molecule has 3 rings (SSSR count). The van der Waals surface area contributed by atoms with Crippen molar-refractivity contribution in [2.45, 2.75) is 29.5 Å². The van der Waals surface area contributed by atoms with Gasteiger partial charge in [-0.2, -0.15) is 14.6 Å². The van der Waals surface area contributed by atoms with E-state index in [1.54, 1.807) is 18.3 Å². The Balaban J connectivity index is 1.84. The van der Waals surface area contributed by atoms with E-state index in [1.807, 2.05) is 0 Å². The molecule has 0 amide bonds. The van der Waals surface area contributed by atoms with Crippen molar-refractivity contribution >= 4 is 32.2 Å². The van der Waals surface area contributed by atoms with Crippen molar-refractivity contribution in [2.75, 3.05) is 11.1 Å². The molecule has 7 nitrogen and oxygen atoms in total. The molecule has 1 aliphatic carbocycles. The number of sulfone groups is 1. The van der Waals surface area contributed by atoms with E-state index in [-0.39, 0.29) is 16.0 Å². The predicted octanol–water partition coefficient (Wildman–Crippen LogP) is 1.06. The van der Waals surface area contributed by atoms with Gasteiger partial charge in [0.05, 0.1) is 17.5 Å². The van der Waals surface area contributed by atoms with Crippen molar-refractivity contribution in [1.82, 2.24) is 14.6 Å². The molecule has 2 aromatic heterocycles.